The maximum Gasteiger partial charge on any atom is 0.251 e. The van der Waals surface area contributed by atoms with Gasteiger partial charge in [0.1, 0.15) is 17.9 Å². The number of ether oxygens (including phenoxy) is 1. The maximum absolute atomic E-state index is 11.9. The second kappa shape index (κ2) is 10.0. The molecule has 0 fully saturated rings. The van der Waals surface area contributed by atoms with Crippen LogP contribution in [0, 0.1) is 12.8 Å². The third kappa shape index (κ3) is 5.36. The number of benzene rings is 1. The van der Waals surface area contributed by atoms with Crippen molar-refractivity contribution in [1.82, 2.24) is 20.3 Å². The molecule has 7 heteroatoms. The zero-order valence-electron chi connectivity index (χ0n) is 18.6. The first-order valence-corrected chi connectivity index (χ1v) is 10.3. The van der Waals surface area contributed by atoms with Crippen molar-refractivity contribution in [2.24, 2.45) is 5.92 Å². The molecular formula is C24H29N5O2. The minimum absolute atomic E-state index is 0.129. The number of nitrogens with zero attached hydrogens (tertiary/aromatic N) is 3. The highest BCUT2D eigenvalue weighted by atomic mass is 16.5. The second-order valence-electron chi connectivity index (χ2n) is 7.66. The number of amides is 1. The van der Waals surface area contributed by atoms with E-state index in [0.29, 0.717) is 11.5 Å². The van der Waals surface area contributed by atoms with Gasteiger partial charge in [-0.2, -0.15) is 0 Å². The zero-order chi connectivity index (χ0) is 22.4. The molecule has 2 heterocycles. The van der Waals surface area contributed by atoms with Crippen LogP contribution in [0.25, 0.3) is 11.3 Å². The van der Waals surface area contributed by atoms with E-state index in [4.69, 9.17) is 4.74 Å². The van der Waals surface area contributed by atoms with E-state index in [-0.39, 0.29) is 11.8 Å². The molecule has 2 atom stereocenters. The van der Waals surface area contributed by atoms with E-state index in [9.17, 15) is 4.79 Å². The average Bonchev–Trinajstić information content (AvgIpc) is 2.81. The molecule has 3 aromatic rings. The minimum Gasteiger partial charge on any atom is -0.496 e. The molecule has 0 radical (unpaired) electrons. The lowest BCUT2D eigenvalue weighted by atomic mass is 9.87. The van der Waals surface area contributed by atoms with Gasteiger partial charge in [0.25, 0.3) is 5.91 Å². The van der Waals surface area contributed by atoms with Crippen molar-refractivity contribution in [2.75, 3.05) is 26.0 Å². The van der Waals surface area contributed by atoms with Crippen LogP contribution in [0.15, 0.2) is 48.9 Å². The van der Waals surface area contributed by atoms with E-state index in [2.05, 4.69) is 39.4 Å². The number of hydrogen-bond donors (Lipinski definition) is 2. The Morgan fingerprint density at radius 1 is 1.10 bits per heavy atom. The van der Waals surface area contributed by atoms with E-state index in [1.807, 2.05) is 43.5 Å². The molecular weight excluding hydrogens is 390 g/mol. The van der Waals surface area contributed by atoms with Crippen LogP contribution in [0.2, 0.25) is 0 Å². The summed E-state index contributed by atoms with van der Waals surface area (Å²) in [5.74, 6) is 1.86. The van der Waals surface area contributed by atoms with Gasteiger partial charge in [-0.1, -0.05) is 19.9 Å². The summed E-state index contributed by atoms with van der Waals surface area (Å²) in [6, 6.07) is 11.5. The standard InChI is InChI=1S/C24H29N5O2/c1-15(17(3)20-9-8-18(24(30)25-4)10-22(20)31-5)12-27-23-11-21(28-14-29-23)19-7-6-16(2)26-13-19/h6-11,13-15,17H,12H2,1-5H3,(H,25,30)(H,27,28,29). The predicted octanol–water partition coefficient (Wildman–Crippen LogP) is 4.07. The SMILES string of the molecule is CNC(=O)c1ccc(C(C)C(C)CNc2cc(-c3ccc(C)nc3)ncn2)c(OC)c1. The number of aryl methyl sites for hydroxylation is 1. The topological polar surface area (TPSA) is 89.0 Å². The predicted molar refractivity (Wildman–Crippen MR) is 122 cm³/mol. The number of methoxy groups -OCH3 is 1. The summed E-state index contributed by atoms with van der Waals surface area (Å²) in [6.07, 6.45) is 3.38. The highest BCUT2D eigenvalue weighted by Crippen LogP contribution is 2.32. The molecule has 0 bridgehead atoms. The molecule has 2 N–H and O–H groups in total. The summed E-state index contributed by atoms with van der Waals surface area (Å²) >= 11 is 0. The monoisotopic (exact) mass is 419 g/mol. The Kier molecular flexibility index (Phi) is 7.18. The Bertz CT molecular complexity index is 1040. The molecule has 7 nitrogen and oxygen atoms in total. The first-order chi connectivity index (χ1) is 14.9. The molecule has 1 aromatic carbocycles. The first kappa shape index (κ1) is 22.2. The lowest BCUT2D eigenvalue weighted by Gasteiger charge is -2.23. The van der Waals surface area contributed by atoms with Gasteiger partial charge in [-0.25, -0.2) is 9.97 Å². The fourth-order valence-electron chi connectivity index (χ4n) is 3.35. The van der Waals surface area contributed by atoms with E-state index >= 15 is 0 Å². The number of pyridine rings is 1. The fraction of sp³-hybridized carbons (Fsp3) is 0.333. The van der Waals surface area contributed by atoms with Crippen molar-refractivity contribution >= 4 is 11.7 Å². The summed E-state index contributed by atoms with van der Waals surface area (Å²) in [7, 11) is 3.25. The average molecular weight is 420 g/mol. The van der Waals surface area contributed by atoms with Crippen LogP contribution < -0.4 is 15.4 Å². The molecule has 0 spiro atoms. The normalized spacial score (nSPS) is 12.7. The van der Waals surface area contributed by atoms with Crippen molar-refractivity contribution in [3.63, 3.8) is 0 Å². The minimum atomic E-state index is -0.129. The molecule has 162 valence electrons. The van der Waals surface area contributed by atoms with Crippen molar-refractivity contribution in [3.05, 3.63) is 65.7 Å². The lowest BCUT2D eigenvalue weighted by Crippen LogP contribution is -2.20. The van der Waals surface area contributed by atoms with Crippen LogP contribution in [-0.4, -0.2) is 41.6 Å². The Morgan fingerprint density at radius 3 is 2.58 bits per heavy atom. The third-order valence-corrected chi connectivity index (χ3v) is 5.55. The van der Waals surface area contributed by atoms with Gasteiger partial charge in [-0.3, -0.25) is 9.78 Å². The van der Waals surface area contributed by atoms with Crippen molar-refractivity contribution in [1.29, 1.82) is 0 Å². The Morgan fingerprint density at radius 2 is 1.90 bits per heavy atom. The van der Waals surface area contributed by atoms with Gasteiger partial charge in [0.15, 0.2) is 0 Å². The first-order valence-electron chi connectivity index (χ1n) is 10.3. The molecule has 2 unspecified atom stereocenters. The van der Waals surface area contributed by atoms with Crippen LogP contribution in [0.1, 0.15) is 41.4 Å². The summed E-state index contributed by atoms with van der Waals surface area (Å²) in [5, 5.41) is 6.06. The third-order valence-electron chi connectivity index (χ3n) is 5.55. The highest BCUT2D eigenvalue weighted by Gasteiger charge is 2.20. The smallest absolute Gasteiger partial charge is 0.251 e. The lowest BCUT2D eigenvalue weighted by molar-refractivity contribution is 0.0962. The Hall–Kier alpha value is -3.48. The fourth-order valence-corrected chi connectivity index (χ4v) is 3.35. The van der Waals surface area contributed by atoms with E-state index in [1.165, 1.54) is 0 Å². The van der Waals surface area contributed by atoms with Gasteiger partial charge in [0.2, 0.25) is 0 Å². The molecule has 0 aliphatic heterocycles. The Labute approximate surface area is 183 Å². The van der Waals surface area contributed by atoms with Crippen molar-refractivity contribution in [3.8, 4) is 17.0 Å². The maximum atomic E-state index is 11.9. The highest BCUT2D eigenvalue weighted by molar-refractivity contribution is 5.94. The van der Waals surface area contributed by atoms with Crippen LogP contribution in [0.3, 0.4) is 0 Å². The number of hydrogen-bond acceptors (Lipinski definition) is 6. The largest absolute Gasteiger partial charge is 0.496 e. The number of anilines is 1. The zero-order valence-corrected chi connectivity index (χ0v) is 18.6. The summed E-state index contributed by atoms with van der Waals surface area (Å²) in [5.41, 5.74) is 4.41. The number of aromatic nitrogens is 3. The van der Waals surface area contributed by atoms with Gasteiger partial charge in [-0.05, 0) is 48.6 Å². The van der Waals surface area contributed by atoms with Crippen LogP contribution in [0.5, 0.6) is 5.75 Å². The van der Waals surface area contributed by atoms with Gasteiger partial charge < -0.3 is 15.4 Å². The number of nitrogens with one attached hydrogen (secondary N) is 2. The van der Waals surface area contributed by atoms with Crippen molar-refractivity contribution in [2.45, 2.75) is 26.7 Å². The Balaban J connectivity index is 1.69. The number of carbonyl (C=O) groups excluding carboxylic acids is 1. The van der Waals surface area contributed by atoms with E-state index in [0.717, 1.165) is 40.6 Å². The van der Waals surface area contributed by atoms with Gasteiger partial charge >= 0.3 is 0 Å². The van der Waals surface area contributed by atoms with Crippen LogP contribution >= 0.6 is 0 Å². The van der Waals surface area contributed by atoms with Gasteiger partial charge in [-0.15, -0.1) is 0 Å². The van der Waals surface area contributed by atoms with Gasteiger partial charge in [0.05, 0.1) is 12.8 Å². The molecule has 2 aromatic heterocycles. The molecule has 0 saturated heterocycles. The molecule has 31 heavy (non-hydrogen) atoms. The summed E-state index contributed by atoms with van der Waals surface area (Å²) in [6.45, 7) is 7.02. The summed E-state index contributed by atoms with van der Waals surface area (Å²) < 4.78 is 5.56. The molecule has 0 aliphatic rings. The van der Waals surface area contributed by atoms with Crippen molar-refractivity contribution < 1.29 is 9.53 Å². The van der Waals surface area contributed by atoms with Crippen LogP contribution in [-0.2, 0) is 0 Å². The second-order valence-corrected chi connectivity index (χ2v) is 7.66. The van der Waals surface area contributed by atoms with E-state index in [1.54, 1.807) is 26.6 Å². The number of carbonyl (C=O) groups is 1. The molecule has 1 amide bonds. The quantitative estimate of drug-likeness (QED) is 0.572. The molecule has 0 aliphatic carbocycles. The summed E-state index contributed by atoms with van der Waals surface area (Å²) in [4.78, 5) is 25.0. The van der Waals surface area contributed by atoms with Crippen LogP contribution in [0.4, 0.5) is 5.82 Å². The molecule has 3 rings (SSSR count). The number of rotatable bonds is 8. The van der Waals surface area contributed by atoms with Gasteiger partial charge in [0, 0.05) is 42.7 Å². The van der Waals surface area contributed by atoms with E-state index < -0.39 is 0 Å². The molecule has 0 saturated carbocycles.